The molecule has 0 aromatic carbocycles. The minimum Gasteiger partial charge on any atom is -0.357 e. The van der Waals surface area contributed by atoms with Gasteiger partial charge >= 0.3 is 0 Å². The summed E-state index contributed by atoms with van der Waals surface area (Å²) in [6.45, 7) is 0.993. The maximum Gasteiger partial charge on any atom is 0.0788 e. The third kappa shape index (κ3) is 2.08. The third-order valence-corrected chi connectivity index (χ3v) is 2.74. The molecule has 0 bridgehead atoms. The number of hydrogen-bond acceptors (Lipinski definition) is 1. The molecular formula is C6H9BrNS+. The largest absolute Gasteiger partial charge is 0.357 e. The number of quaternary nitrogens is 1. The fraction of sp³-hybridized carbons (Fsp3) is 0.333. The van der Waals surface area contributed by atoms with E-state index in [4.69, 9.17) is 0 Å². The molecule has 0 radical (unpaired) electrons. The van der Waals surface area contributed by atoms with Crippen molar-refractivity contribution in [2.24, 2.45) is 0 Å². The molecule has 0 spiro atoms. The number of hydrogen-bond donors (Lipinski definition) is 1. The lowest BCUT2D eigenvalue weighted by Crippen LogP contribution is -2.51. The van der Waals surface area contributed by atoms with Gasteiger partial charge in [-0.3, -0.25) is 0 Å². The second-order valence-corrected chi connectivity index (χ2v) is 4.36. The number of halogens is 1. The Bertz CT molecular complexity index is 185. The zero-order valence-electron chi connectivity index (χ0n) is 5.06. The van der Waals surface area contributed by atoms with Gasteiger partial charge in [0.15, 0.2) is 0 Å². The molecule has 1 aromatic rings. The quantitative estimate of drug-likeness (QED) is 0.756. The maximum atomic E-state index is 3.78. The Balaban J connectivity index is 2.61. The van der Waals surface area contributed by atoms with E-state index in [0.717, 1.165) is 13.0 Å². The summed E-state index contributed by atoms with van der Waals surface area (Å²) in [7, 11) is 0. The van der Waals surface area contributed by atoms with Gasteiger partial charge in [-0.25, -0.2) is 0 Å². The predicted octanol–water partition coefficient (Wildman–Crippen LogP) is 1.30. The van der Waals surface area contributed by atoms with Gasteiger partial charge in [0.2, 0.25) is 0 Å². The van der Waals surface area contributed by atoms with E-state index < -0.39 is 0 Å². The third-order valence-electron chi connectivity index (χ3n) is 1.05. The van der Waals surface area contributed by atoms with Crippen LogP contribution in [0.1, 0.15) is 4.88 Å². The first-order valence-electron chi connectivity index (χ1n) is 2.86. The summed E-state index contributed by atoms with van der Waals surface area (Å²) in [4.78, 5) is 1.41. The molecule has 1 nitrogen and oxygen atoms in total. The van der Waals surface area contributed by atoms with E-state index in [1.807, 2.05) is 0 Å². The highest BCUT2D eigenvalue weighted by Crippen LogP contribution is 2.21. The van der Waals surface area contributed by atoms with Gasteiger partial charge in [0.05, 0.1) is 10.3 Å². The van der Waals surface area contributed by atoms with Gasteiger partial charge < -0.3 is 5.73 Å². The van der Waals surface area contributed by atoms with Crippen molar-refractivity contribution in [1.29, 1.82) is 0 Å². The van der Waals surface area contributed by atoms with E-state index in [2.05, 4.69) is 33.8 Å². The maximum absolute atomic E-state index is 3.78. The SMILES string of the molecule is [NH3+]CCc1ccc(Br)s1. The van der Waals surface area contributed by atoms with Crippen molar-refractivity contribution in [2.75, 3.05) is 6.54 Å². The molecule has 3 N–H and O–H groups in total. The Morgan fingerprint density at radius 1 is 1.56 bits per heavy atom. The molecule has 0 amide bonds. The smallest absolute Gasteiger partial charge is 0.0788 e. The van der Waals surface area contributed by atoms with Gasteiger partial charge in [0.1, 0.15) is 0 Å². The van der Waals surface area contributed by atoms with E-state index in [1.54, 1.807) is 11.3 Å². The summed E-state index contributed by atoms with van der Waals surface area (Å²) >= 11 is 5.19. The van der Waals surface area contributed by atoms with Gasteiger partial charge in [0, 0.05) is 11.3 Å². The second kappa shape index (κ2) is 3.34. The van der Waals surface area contributed by atoms with Crippen LogP contribution in [0.3, 0.4) is 0 Å². The zero-order chi connectivity index (χ0) is 6.69. The molecule has 1 aromatic heterocycles. The highest BCUT2D eigenvalue weighted by atomic mass is 79.9. The molecule has 0 aliphatic heterocycles. The first kappa shape index (κ1) is 7.25. The predicted molar refractivity (Wildman–Crippen MR) is 43.5 cm³/mol. The fourth-order valence-electron chi connectivity index (χ4n) is 0.660. The molecule has 50 valence electrons. The summed E-state index contributed by atoms with van der Waals surface area (Å²) in [5, 5.41) is 0. The Hall–Kier alpha value is 0.140. The number of rotatable bonds is 2. The van der Waals surface area contributed by atoms with Crippen LogP contribution < -0.4 is 5.73 Å². The van der Waals surface area contributed by atoms with Gasteiger partial charge in [-0.1, -0.05) is 0 Å². The van der Waals surface area contributed by atoms with Crippen molar-refractivity contribution >= 4 is 27.3 Å². The van der Waals surface area contributed by atoms with Crippen molar-refractivity contribution in [3.05, 3.63) is 20.8 Å². The molecule has 1 rings (SSSR count). The van der Waals surface area contributed by atoms with Gasteiger partial charge in [-0.15, -0.1) is 11.3 Å². The Morgan fingerprint density at radius 3 is 2.78 bits per heavy atom. The molecule has 3 heteroatoms. The van der Waals surface area contributed by atoms with E-state index in [1.165, 1.54) is 8.66 Å². The highest BCUT2D eigenvalue weighted by Gasteiger charge is 1.94. The van der Waals surface area contributed by atoms with Gasteiger partial charge in [-0.2, -0.15) is 0 Å². The summed E-state index contributed by atoms with van der Waals surface area (Å²) in [5.41, 5.74) is 3.78. The summed E-state index contributed by atoms with van der Waals surface area (Å²) in [5.74, 6) is 0. The molecule has 0 unspecified atom stereocenters. The molecule has 1 heterocycles. The van der Waals surface area contributed by atoms with E-state index in [9.17, 15) is 0 Å². The van der Waals surface area contributed by atoms with Crippen molar-refractivity contribution in [2.45, 2.75) is 6.42 Å². The molecule has 0 aliphatic carbocycles. The standard InChI is InChI=1S/C6H8BrNS/c7-6-2-1-5(9-6)3-4-8/h1-2H,3-4,8H2/p+1. The van der Waals surface area contributed by atoms with Gasteiger partial charge in [-0.05, 0) is 28.1 Å². The average molecular weight is 207 g/mol. The van der Waals surface area contributed by atoms with Crippen molar-refractivity contribution < 1.29 is 5.73 Å². The lowest BCUT2D eigenvalue weighted by molar-refractivity contribution is -0.366. The van der Waals surface area contributed by atoms with Crippen LogP contribution in [0, 0.1) is 0 Å². The Labute approximate surface area is 67.0 Å². The molecule has 9 heavy (non-hydrogen) atoms. The van der Waals surface area contributed by atoms with Crippen LogP contribution in [-0.4, -0.2) is 6.54 Å². The normalized spacial score (nSPS) is 10.0. The summed E-state index contributed by atoms with van der Waals surface area (Å²) in [6.07, 6.45) is 1.11. The fourth-order valence-corrected chi connectivity index (χ4v) is 2.19. The van der Waals surface area contributed by atoms with Crippen LogP contribution in [-0.2, 0) is 6.42 Å². The van der Waals surface area contributed by atoms with Crippen molar-refractivity contribution in [1.82, 2.24) is 0 Å². The lowest BCUT2D eigenvalue weighted by Gasteiger charge is -1.84. The van der Waals surface area contributed by atoms with Crippen molar-refractivity contribution in [3.63, 3.8) is 0 Å². The average Bonchev–Trinajstić information content (AvgIpc) is 2.17. The summed E-state index contributed by atoms with van der Waals surface area (Å²) < 4.78 is 1.21. The zero-order valence-corrected chi connectivity index (χ0v) is 7.46. The molecular weight excluding hydrogens is 198 g/mol. The molecule has 0 saturated carbocycles. The van der Waals surface area contributed by atoms with E-state index in [0.29, 0.717) is 0 Å². The van der Waals surface area contributed by atoms with E-state index >= 15 is 0 Å². The van der Waals surface area contributed by atoms with Crippen LogP contribution in [0.25, 0.3) is 0 Å². The molecule has 0 fully saturated rings. The minimum absolute atomic E-state index is 0.993. The lowest BCUT2D eigenvalue weighted by atomic mass is 10.3. The van der Waals surface area contributed by atoms with Crippen LogP contribution in [0.4, 0.5) is 0 Å². The topological polar surface area (TPSA) is 27.6 Å². The van der Waals surface area contributed by atoms with Crippen molar-refractivity contribution in [3.8, 4) is 0 Å². The first-order valence-corrected chi connectivity index (χ1v) is 4.47. The van der Waals surface area contributed by atoms with Crippen LogP contribution in [0.5, 0.6) is 0 Å². The highest BCUT2D eigenvalue weighted by molar-refractivity contribution is 9.11. The second-order valence-electron chi connectivity index (χ2n) is 1.81. The Kier molecular flexibility index (Phi) is 2.69. The van der Waals surface area contributed by atoms with Gasteiger partial charge in [0.25, 0.3) is 0 Å². The monoisotopic (exact) mass is 206 g/mol. The Morgan fingerprint density at radius 2 is 2.33 bits per heavy atom. The summed E-state index contributed by atoms with van der Waals surface area (Å²) in [6, 6.07) is 4.22. The molecule has 0 aliphatic rings. The number of thiophene rings is 1. The minimum atomic E-state index is 0.993. The van der Waals surface area contributed by atoms with Crippen LogP contribution >= 0.6 is 27.3 Å². The molecule has 0 saturated heterocycles. The van der Waals surface area contributed by atoms with E-state index in [-0.39, 0.29) is 0 Å². The molecule has 0 atom stereocenters. The van der Waals surface area contributed by atoms with Crippen LogP contribution in [0.2, 0.25) is 0 Å². The van der Waals surface area contributed by atoms with Crippen LogP contribution in [0.15, 0.2) is 15.9 Å². The first-order chi connectivity index (χ1) is 4.33.